The van der Waals surface area contributed by atoms with Crippen LogP contribution in [0.25, 0.3) is 11.1 Å². The van der Waals surface area contributed by atoms with Crippen LogP contribution in [0.4, 0.5) is 5.82 Å². The lowest BCUT2D eigenvalue weighted by molar-refractivity contribution is 0.812. The van der Waals surface area contributed by atoms with Gasteiger partial charge in [-0.15, -0.1) is 0 Å². The molecule has 4 nitrogen and oxygen atoms in total. The van der Waals surface area contributed by atoms with Gasteiger partial charge in [-0.1, -0.05) is 13.8 Å². The van der Waals surface area contributed by atoms with E-state index in [1.54, 1.807) is 0 Å². The molecule has 0 saturated heterocycles. The lowest BCUT2D eigenvalue weighted by Crippen LogP contribution is -2.04. The molecule has 1 aliphatic rings. The van der Waals surface area contributed by atoms with Crippen molar-refractivity contribution < 1.29 is 0 Å². The van der Waals surface area contributed by atoms with Gasteiger partial charge in [-0.2, -0.15) is 5.10 Å². The van der Waals surface area contributed by atoms with Crippen LogP contribution < -0.4 is 5.32 Å². The fourth-order valence-corrected chi connectivity index (χ4v) is 2.23. The zero-order valence-corrected chi connectivity index (χ0v) is 11.5. The molecule has 0 aliphatic heterocycles. The van der Waals surface area contributed by atoms with Crippen molar-refractivity contribution in [1.82, 2.24) is 15.2 Å². The van der Waals surface area contributed by atoms with Gasteiger partial charge in [0.2, 0.25) is 0 Å². The Morgan fingerprint density at radius 1 is 1.42 bits per heavy atom. The maximum absolute atomic E-state index is 4.38. The molecule has 1 aliphatic carbocycles. The smallest absolute Gasteiger partial charge is 0.126 e. The number of aromatic nitrogens is 3. The quantitative estimate of drug-likeness (QED) is 0.862. The second kappa shape index (κ2) is 5.03. The molecule has 2 aromatic rings. The van der Waals surface area contributed by atoms with E-state index in [-0.39, 0.29) is 0 Å². The molecule has 0 spiro atoms. The van der Waals surface area contributed by atoms with Crippen LogP contribution in [-0.4, -0.2) is 21.7 Å². The number of aromatic amines is 1. The lowest BCUT2D eigenvalue weighted by Gasteiger charge is -2.09. The van der Waals surface area contributed by atoms with Crippen molar-refractivity contribution in [3.8, 4) is 11.1 Å². The van der Waals surface area contributed by atoms with Gasteiger partial charge in [-0.25, -0.2) is 4.98 Å². The largest absolute Gasteiger partial charge is 0.370 e. The molecule has 1 saturated carbocycles. The minimum atomic E-state index is 0.438. The van der Waals surface area contributed by atoms with E-state index in [1.165, 1.54) is 29.7 Å². The van der Waals surface area contributed by atoms with E-state index in [1.807, 2.05) is 18.5 Å². The Bertz CT molecular complexity index is 555. The summed E-state index contributed by atoms with van der Waals surface area (Å²) in [5.41, 5.74) is 3.52. The minimum Gasteiger partial charge on any atom is -0.370 e. The van der Waals surface area contributed by atoms with Gasteiger partial charge in [0.1, 0.15) is 5.82 Å². The van der Waals surface area contributed by atoms with Crippen molar-refractivity contribution >= 4 is 5.82 Å². The highest BCUT2D eigenvalue weighted by Crippen LogP contribution is 2.30. The monoisotopic (exact) mass is 256 g/mol. The first-order valence-corrected chi connectivity index (χ1v) is 6.97. The number of hydrogen-bond acceptors (Lipinski definition) is 3. The van der Waals surface area contributed by atoms with Gasteiger partial charge in [-0.3, -0.25) is 5.10 Å². The first-order chi connectivity index (χ1) is 9.24. The van der Waals surface area contributed by atoms with Crippen LogP contribution in [0, 0.1) is 5.92 Å². The normalized spacial score (nSPS) is 14.9. The summed E-state index contributed by atoms with van der Waals surface area (Å²) in [7, 11) is 0. The maximum atomic E-state index is 4.38. The van der Waals surface area contributed by atoms with E-state index in [2.05, 4.69) is 40.4 Å². The van der Waals surface area contributed by atoms with E-state index in [0.717, 1.165) is 18.3 Å². The molecule has 1 fully saturated rings. The minimum absolute atomic E-state index is 0.438. The zero-order chi connectivity index (χ0) is 13.2. The Morgan fingerprint density at radius 2 is 2.26 bits per heavy atom. The van der Waals surface area contributed by atoms with Gasteiger partial charge in [0, 0.05) is 24.0 Å². The number of nitrogens with zero attached hydrogens (tertiary/aromatic N) is 2. The Morgan fingerprint density at radius 3 is 3.00 bits per heavy atom. The Labute approximate surface area is 113 Å². The van der Waals surface area contributed by atoms with Crippen molar-refractivity contribution in [2.75, 3.05) is 11.9 Å². The summed E-state index contributed by atoms with van der Waals surface area (Å²) in [4.78, 5) is 4.38. The van der Waals surface area contributed by atoms with Crippen LogP contribution in [0.1, 0.15) is 38.3 Å². The van der Waals surface area contributed by atoms with Gasteiger partial charge in [0.15, 0.2) is 0 Å². The molecule has 0 unspecified atom stereocenters. The van der Waals surface area contributed by atoms with Gasteiger partial charge in [-0.05, 0) is 42.4 Å². The van der Waals surface area contributed by atoms with Crippen LogP contribution in [0.2, 0.25) is 0 Å². The van der Waals surface area contributed by atoms with Gasteiger partial charge in [0.25, 0.3) is 0 Å². The highest BCUT2D eigenvalue weighted by atomic mass is 15.1. The zero-order valence-electron chi connectivity index (χ0n) is 11.5. The summed E-state index contributed by atoms with van der Waals surface area (Å²) in [5, 5.41) is 10.7. The molecule has 19 heavy (non-hydrogen) atoms. The van der Waals surface area contributed by atoms with E-state index < -0.39 is 0 Å². The standard InChI is InChI=1S/C15H20N4/c1-10(2)15-13(9-18-19-15)12-5-6-16-14(7-12)17-8-11-3-4-11/h5-7,9-11H,3-4,8H2,1-2H3,(H,16,17)(H,18,19). The summed E-state index contributed by atoms with van der Waals surface area (Å²) in [5.74, 6) is 2.25. The number of rotatable bonds is 5. The number of H-pyrrole nitrogens is 1. The first-order valence-electron chi connectivity index (χ1n) is 6.97. The second-order valence-electron chi connectivity index (χ2n) is 5.61. The van der Waals surface area contributed by atoms with E-state index in [9.17, 15) is 0 Å². The summed E-state index contributed by atoms with van der Waals surface area (Å²) >= 11 is 0. The fraction of sp³-hybridized carbons (Fsp3) is 0.467. The third-order valence-electron chi connectivity index (χ3n) is 3.59. The number of nitrogens with one attached hydrogen (secondary N) is 2. The van der Waals surface area contributed by atoms with Crippen molar-refractivity contribution in [2.45, 2.75) is 32.6 Å². The van der Waals surface area contributed by atoms with Gasteiger partial charge < -0.3 is 5.32 Å². The van der Waals surface area contributed by atoms with Crippen LogP contribution >= 0.6 is 0 Å². The van der Waals surface area contributed by atoms with Gasteiger partial charge >= 0.3 is 0 Å². The van der Waals surface area contributed by atoms with E-state index >= 15 is 0 Å². The van der Waals surface area contributed by atoms with Crippen LogP contribution in [0.5, 0.6) is 0 Å². The fourth-order valence-electron chi connectivity index (χ4n) is 2.23. The molecular weight excluding hydrogens is 236 g/mol. The Kier molecular flexibility index (Phi) is 3.23. The van der Waals surface area contributed by atoms with E-state index in [4.69, 9.17) is 0 Å². The topological polar surface area (TPSA) is 53.6 Å². The average Bonchev–Trinajstić information content (AvgIpc) is 3.10. The molecule has 100 valence electrons. The number of hydrogen-bond donors (Lipinski definition) is 2. The molecule has 4 heteroatoms. The molecule has 2 N–H and O–H groups in total. The number of anilines is 1. The second-order valence-corrected chi connectivity index (χ2v) is 5.61. The average molecular weight is 256 g/mol. The molecule has 2 heterocycles. The lowest BCUT2D eigenvalue weighted by atomic mass is 10.0. The SMILES string of the molecule is CC(C)c1[nH]ncc1-c1ccnc(NCC2CC2)c1. The van der Waals surface area contributed by atoms with E-state index in [0.29, 0.717) is 5.92 Å². The molecule has 0 aromatic carbocycles. The van der Waals surface area contributed by atoms with Crippen LogP contribution in [-0.2, 0) is 0 Å². The molecule has 2 aromatic heterocycles. The predicted molar refractivity (Wildman–Crippen MR) is 77.1 cm³/mol. The molecule has 0 atom stereocenters. The van der Waals surface area contributed by atoms with Gasteiger partial charge in [0.05, 0.1) is 6.20 Å². The predicted octanol–water partition coefficient (Wildman–Crippen LogP) is 3.42. The Balaban J connectivity index is 1.82. The first kappa shape index (κ1) is 12.2. The highest BCUT2D eigenvalue weighted by molar-refractivity contribution is 5.68. The number of pyridine rings is 1. The summed E-state index contributed by atoms with van der Waals surface area (Å²) in [6.07, 6.45) is 6.47. The van der Waals surface area contributed by atoms with Crippen molar-refractivity contribution in [1.29, 1.82) is 0 Å². The summed E-state index contributed by atoms with van der Waals surface area (Å²) in [6, 6.07) is 4.15. The summed E-state index contributed by atoms with van der Waals surface area (Å²) < 4.78 is 0. The Hall–Kier alpha value is -1.84. The molecule has 0 radical (unpaired) electrons. The molecule has 0 bridgehead atoms. The molecule has 0 amide bonds. The van der Waals surface area contributed by atoms with Crippen molar-refractivity contribution in [2.24, 2.45) is 5.92 Å². The van der Waals surface area contributed by atoms with Crippen molar-refractivity contribution in [3.63, 3.8) is 0 Å². The van der Waals surface area contributed by atoms with Crippen LogP contribution in [0.3, 0.4) is 0 Å². The molecule has 3 rings (SSSR count). The third-order valence-corrected chi connectivity index (χ3v) is 3.59. The van der Waals surface area contributed by atoms with Crippen LogP contribution in [0.15, 0.2) is 24.5 Å². The highest BCUT2D eigenvalue weighted by Gasteiger charge is 2.20. The summed E-state index contributed by atoms with van der Waals surface area (Å²) in [6.45, 7) is 5.38. The third kappa shape index (κ3) is 2.78. The van der Waals surface area contributed by atoms with Crippen molar-refractivity contribution in [3.05, 3.63) is 30.2 Å². The molecular formula is C15H20N4. The maximum Gasteiger partial charge on any atom is 0.126 e.